The number of aliphatic hydroxyl groups is 1. The molecular weight excluding hydrogens is 79.0 g/mol. The van der Waals surface area contributed by atoms with Crippen molar-refractivity contribution in [1.82, 2.24) is 0 Å². The van der Waals surface area contributed by atoms with E-state index in [0.717, 1.165) is 0 Å². The molecule has 0 atom stereocenters. The van der Waals surface area contributed by atoms with Crippen LogP contribution in [-0.2, 0) is 0 Å². The van der Waals surface area contributed by atoms with Crippen LogP contribution in [0.2, 0.25) is 0 Å². The fourth-order valence-corrected chi connectivity index (χ4v) is 0. The third-order valence-electron chi connectivity index (χ3n) is 0. The van der Waals surface area contributed by atoms with Crippen molar-refractivity contribution < 1.29 is 5.11 Å². The molecule has 2 radical (unpaired) electrons. The van der Waals surface area contributed by atoms with Gasteiger partial charge in [0.2, 0.25) is 0 Å². The molecule has 0 bridgehead atoms. The molecule has 28 valence electrons. The fraction of sp³-hybridized carbons (Fsp3) is 1.00. The number of hydrogen-bond acceptors (Lipinski definition) is 1. The van der Waals surface area contributed by atoms with Crippen molar-refractivity contribution in [1.29, 1.82) is 0 Å². The first-order valence-corrected chi connectivity index (χ1v) is 2.09. The van der Waals surface area contributed by atoms with Gasteiger partial charge < -0.3 is 5.11 Å². The molecule has 0 unspecified atom stereocenters. The van der Waals surface area contributed by atoms with Crippen LogP contribution in [-0.4, -0.2) is 25.9 Å². The normalized spacial score (nSPS) is 11.8. The molecule has 0 aromatic carbocycles. The van der Waals surface area contributed by atoms with Crippen LogP contribution in [0.3, 0.4) is 0 Å². The molecule has 0 amide bonds. The van der Waals surface area contributed by atoms with Gasteiger partial charge in [0.25, 0.3) is 0 Å². The monoisotopic (exact) mass is 86.0 g/mol. The molecule has 0 fully saturated rings. The van der Waals surface area contributed by atoms with Crippen molar-refractivity contribution in [3.8, 4) is 0 Å². The first kappa shape index (κ1) is 5.49. The second-order valence-electron chi connectivity index (χ2n) is 1.65. The van der Waals surface area contributed by atoms with Gasteiger partial charge in [0.1, 0.15) is 0 Å². The summed E-state index contributed by atoms with van der Waals surface area (Å²) in [7, 11) is 0. The summed E-state index contributed by atoms with van der Waals surface area (Å²) in [5.74, 6) is 0. The van der Waals surface area contributed by atoms with E-state index in [1.54, 1.807) is 13.8 Å². The predicted octanol–water partition coefficient (Wildman–Crippen LogP) is -0.117. The molecule has 0 saturated heterocycles. The van der Waals surface area contributed by atoms with E-state index in [-0.39, 0.29) is 0 Å². The van der Waals surface area contributed by atoms with Gasteiger partial charge in [-0.2, -0.15) is 0 Å². The van der Waals surface area contributed by atoms with Crippen LogP contribution in [0.15, 0.2) is 0 Å². The molecule has 0 spiro atoms. The maximum absolute atomic E-state index is 8.48. The maximum atomic E-state index is 8.48. The molecule has 0 aromatic heterocycles. The molecule has 0 aliphatic carbocycles. The Morgan fingerprint density at radius 3 is 1.60 bits per heavy atom. The Hall–Kier alpha value is 0.492. The minimum absolute atomic E-state index is 0.583. The summed E-state index contributed by atoms with van der Waals surface area (Å²) >= 11 is 2.27. The maximum Gasteiger partial charge on any atom is 0.175 e. The zero-order valence-electron chi connectivity index (χ0n) is 3.52. The average molecular weight is 86.1 g/mol. The van der Waals surface area contributed by atoms with Gasteiger partial charge in [0.05, 0.1) is 0 Å². The molecule has 5 heavy (non-hydrogen) atoms. The van der Waals surface area contributed by atoms with Crippen molar-refractivity contribution in [2.24, 2.45) is 0 Å². The Morgan fingerprint density at radius 1 is 1.60 bits per heavy atom. The summed E-state index contributed by atoms with van der Waals surface area (Å²) in [6.07, 6.45) is 0. The van der Waals surface area contributed by atoms with Crippen LogP contribution in [0.5, 0.6) is 0 Å². The van der Waals surface area contributed by atoms with E-state index in [0.29, 0.717) is 0 Å². The lowest BCUT2D eigenvalue weighted by Crippen LogP contribution is -2.16. The molecule has 0 aliphatic rings. The van der Waals surface area contributed by atoms with Crippen LogP contribution in [0.1, 0.15) is 13.8 Å². The van der Waals surface area contributed by atoms with E-state index in [1.165, 1.54) is 0 Å². The zero-order valence-corrected chi connectivity index (χ0v) is 4.68. The Morgan fingerprint density at radius 2 is 1.60 bits per heavy atom. The van der Waals surface area contributed by atoms with Gasteiger partial charge in [-0.05, 0) is 4.46 Å². The molecule has 2 heteroatoms. The van der Waals surface area contributed by atoms with Crippen molar-refractivity contribution in [2.45, 2.75) is 18.3 Å². The largest absolute Gasteiger partial charge is 0.408 e. The van der Waals surface area contributed by atoms with Gasteiger partial charge in [0.15, 0.2) is 16.3 Å². The Kier molecular flexibility index (Phi) is 1.43. The van der Waals surface area contributed by atoms with Gasteiger partial charge in [-0.15, -0.1) is 0 Å². The van der Waals surface area contributed by atoms with E-state index in [9.17, 15) is 0 Å². The summed E-state index contributed by atoms with van der Waals surface area (Å²) in [6.45, 7) is 3.41. The highest BCUT2D eigenvalue weighted by atomic mass is 27.0. The summed E-state index contributed by atoms with van der Waals surface area (Å²) in [4.78, 5) is 0. The molecule has 0 heterocycles. The second-order valence-corrected chi connectivity index (χ2v) is 3.07. The lowest BCUT2D eigenvalue weighted by molar-refractivity contribution is 0.170. The lowest BCUT2D eigenvalue weighted by Gasteiger charge is -2.06. The standard InChI is InChI=1S/C3H7O.Al/c1-3(2)4;/h4H,1-2H3;. The Balaban J connectivity index is 3.02. The third-order valence-corrected chi connectivity index (χ3v) is 0. The van der Waals surface area contributed by atoms with Crippen LogP contribution >= 0.6 is 0 Å². The highest BCUT2D eigenvalue weighted by Gasteiger charge is 1.96. The van der Waals surface area contributed by atoms with E-state index in [1.807, 2.05) is 0 Å². The third kappa shape index (κ3) is 115. The average Bonchev–Trinajstić information content (AvgIpc) is 0.722. The van der Waals surface area contributed by atoms with Gasteiger partial charge in [-0.1, -0.05) is 13.8 Å². The van der Waals surface area contributed by atoms with E-state index < -0.39 is 4.46 Å². The van der Waals surface area contributed by atoms with Gasteiger partial charge in [-0.3, -0.25) is 0 Å². The molecule has 0 aliphatic heterocycles. The number of hydrogen-bond donors (Lipinski definition) is 1. The minimum Gasteiger partial charge on any atom is -0.408 e. The molecule has 0 aromatic rings. The molecular formula is C3H7AlO. The highest BCUT2D eigenvalue weighted by molar-refractivity contribution is 6.13. The Bertz CT molecular complexity index is 22.4. The summed E-state index contributed by atoms with van der Waals surface area (Å²) in [5, 5.41) is 8.48. The lowest BCUT2D eigenvalue weighted by atomic mass is 10.5. The molecule has 1 nitrogen and oxygen atoms in total. The smallest absolute Gasteiger partial charge is 0.175 e. The molecule has 0 saturated carbocycles. The second kappa shape index (κ2) is 1.30. The summed E-state index contributed by atoms with van der Waals surface area (Å²) in [5.41, 5.74) is 0. The van der Waals surface area contributed by atoms with E-state index >= 15 is 0 Å². The van der Waals surface area contributed by atoms with Crippen LogP contribution < -0.4 is 0 Å². The van der Waals surface area contributed by atoms with Crippen LogP contribution in [0, 0.1) is 0 Å². The van der Waals surface area contributed by atoms with Crippen molar-refractivity contribution in [3.63, 3.8) is 0 Å². The van der Waals surface area contributed by atoms with Crippen LogP contribution in [0.25, 0.3) is 0 Å². The topological polar surface area (TPSA) is 20.2 Å². The fourth-order valence-electron chi connectivity index (χ4n) is 0. The first-order valence-electron chi connectivity index (χ1n) is 1.51. The predicted molar refractivity (Wildman–Crippen MR) is 22.1 cm³/mol. The minimum atomic E-state index is -0.583. The van der Waals surface area contributed by atoms with Gasteiger partial charge >= 0.3 is 0 Å². The van der Waals surface area contributed by atoms with Crippen molar-refractivity contribution in [3.05, 3.63) is 0 Å². The zero-order chi connectivity index (χ0) is 4.50. The first-order chi connectivity index (χ1) is 2.00. The Labute approximate surface area is 40.4 Å². The SMILES string of the molecule is C[C](C)(O)[Al]. The van der Waals surface area contributed by atoms with Crippen molar-refractivity contribution in [2.75, 3.05) is 0 Å². The molecule has 0 rings (SSSR count). The van der Waals surface area contributed by atoms with Crippen molar-refractivity contribution >= 4 is 16.3 Å². The summed E-state index contributed by atoms with van der Waals surface area (Å²) < 4.78 is -0.583. The van der Waals surface area contributed by atoms with Gasteiger partial charge in [0, 0.05) is 0 Å². The molecule has 1 N–H and O–H groups in total. The van der Waals surface area contributed by atoms with Gasteiger partial charge in [-0.25, -0.2) is 0 Å². The summed E-state index contributed by atoms with van der Waals surface area (Å²) in [6, 6.07) is 0. The van der Waals surface area contributed by atoms with E-state index in [2.05, 4.69) is 16.3 Å². The quantitative estimate of drug-likeness (QED) is 0.407. The van der Waals surface area contributed by atoms with Crippen LogP contribution in [0.4, 0.5) is 0 Å². The van der Waals surface area contributed by atoms with E-state index in [4.69, 9.17) is 5.11 Å². The highest BCUT2D eigenvalue weighted by Crippen LogP contribution is 1.87. The number of rotatable bonds is 0.